The van der Waals surface area contributed by atoms with Crippen molar-refractivity contribution in [3.8, 4) is 0 Å². The molecule has 0 amide bonds. The van der Waals surface area contributed by atoms with Gasteiger partial charge in [0.05, 0.1) is 0 Å². The number of nitrogens with zero attached hydrogens (tertiary/aromatic N) is 1. The molecule has 0 aromatic heterocycles. The number of para-hydroxylation sites is 1. The SMILES string of the molecule is C/C=C(C)\C(=C/C)N(CC)c1ccccc1. The number of hydrogen-bond acceptors (Lipinski definition) is 1. The zero-order valence-electron chi connectivity index (χ0n) is 10.7. The van der Waals surface area contributed by atoms with Gasteiger partial charge in [-0.25, -0.2) is 0 Å². The molecule has 1 heteroatoms. The minimum Gasteiger partial charge on any atom is -0.342 e. The second kappa shape index (κ2) is 6.16. The topological polar surface area (TPSA) is 3.24 Å². The standard InChI is InChI=1S/C15H21N/c1-5-13(4)15(6-2)16(7-3)14-11-9-8-10-12-14/h5-6,8-12H,7H2,1-4H3/b13-5-,15-6+. The molecule has 0 heterocycles. The molecule has 0 aliphatic heterocycles. The lowest BCUT2D eigenvalue weighted by Gasteiger charge is -2.26. The van der Waals surface area contributed by atoms with Crippen LogP contribution in [0.5, 0.6) is 0 Å². The smallest absolute Gasteiger partial charge is 0.0410 e. The fourth-order valence-corrected chi connectivity index (χ4v) is 1.84. The summed E-state index contributed by atoms with van der Waals surface area (Å²) in [4.78, 5) is 2.33. The highest BCUT2D eigenvalue weighted by atomic mass is 15.1. The molecule has 0 atom stereocenters. The molecule has 0 N–H and O–H groups in total. The zero-order valence-corrected chi connectivity index (χ0v) is 10.7. The van der Waals surface area contributed by atoms with Crippen LogP contribution in [0, 0.1) is 0 Å². The Morgan fingerprint density at radius 3 is 2.19 bits per heavy atom. The molecule has 0 saturated carbocycles. The molecule has 0 aliphatic rings. The number of likely N-dealkylation sites (N-methyl/N-ethyl adjacent to an activating group) is 1. The molecule has 0 radical (unpaired) electrons. The van der Waals surface area contributed by atoms with Crippen LogP contribution in [0.2, 0.25) is 0 Å². The Hall–Kier alpha value is -1.50. The molecule has 16 heavy (non-hydrogen) atoms. The predicted molar refractivity (Wildman–Crippen MR) is 72.7 cm³/mol. The van der Waals surface area contributed by atoms with E-state index in [1.165, 1.54) is 17.0 Å². The molecule has 0 bridgehead atoms. The summed E-state index contributed by atoms with van der Waals surface area (Å²) in [6.45, 7) is 9.49. The fourth-order valence-electron chi connectivity index (χ4n) is 1.84. The van der Waals surface area contributed by atoms with E-state index in [1.54, 1.807) is 0 Å². The maximum atomic E-state index is 2.33. The minimum atomic E-state index is 0.981. The van der Waals surface area contributed by atoms with Gasteiger partial charge in [-0.3, -0.25) is 0 Å². The van der Waals surface area contributed by atoms with Gasteiger partial charge in [0.2, 0.25) is 0 Å². The third-order valence-electron chi connectivity index (χ3n) is 2.79. The summed E-state index contributed by atoms with van der Waals surface area (Å²) in [6.07, 6.45) is 4.33. The van der Waals surface area contributed by atoms with Gasteiger partial charge in [-0.05, 0) is 45.4 Å². The van der Waals surface area contributed by atoms with Crippen molar-refractivity contribution < 1.29 is 0 Å². The highest BCUT2D eigenvalue weighted by Crippen LogP contribution is 2.23. The summed E-state index contributed by atoms with van der Waals surface area (Å²) in [7, 11) is 0. The summed E-state index contributed by atoms with van der Waals surface area (Å²) in [6, 6.07) is 10.5. The maximum Gasteiger partial charge on any atom is 0.0410 e. The number of benzene rings is 1. The molecule has 1 aromatic rings. The van der Waals surface area contributed by atoms with E-state index in [0.717, 1.165) is 6.54 Å². The Bertz CT molecular complexity index is 374. The van der Waals surface area contributed by atoms with Crippen LogP contribution in [0.1, 0.15) is 27.7 Å². The minimum absolute atomic E-state index is 0.981. The fraction of sp³-hybridized carbons (Fsp3) is 0.333. The zero-order chi connectivity index (χ0) is 12.0. The van der Waals surface area contributed by atoms with Crippen LogP contribution in [0.4, 0.5) is 5.69 Å². The number of hydrogen-bond donors (Lipinski definition) is 0. The van der Waals surface area contributed by atoms with Crippen molar-refractivity contribution in [2.24, 2.45) is 0 Å². The van der Waals surface area contributed by atoms with Gasteiger partial charge < -0.3 is 4.90 Å². The van der Waals surface area contributed by atoms with E-state index in [1.807, 2.05) is 0 Å². The Kier molecular flexibility index (Phi) is 4.84. The number of allylic oxidation sites excluding steroid dienone is 3. The van der Waals surface area contributed by atoms with E-state index < -0.39 is 0 Å². The van der Waals surface area contributed by atoms with Crippen LogP contribution in [0.15, 0.2) is 53.8 Å². The number of rotatable bonds is 4. The van der Waals surface area contributed by atoms with E-state index in [2.05, 4.69) is 75.1 Å². The van der Waals surface area contributed by atoms with Crippen molar-refractivity contribution >= 4 is 5.69 Å². The monoisotopic (exact) mass is 215 g/mol. The van der Waals surface area contributed by atoms with E-state index in [-0.39, 0.29) is 0 Å². The van der Waals surface area contributed by atoms with Gasteiger partial charge in [0.1, 0.15) is 0 Å². The van der Waals surface area contributed by atoms with Crippen LogP contribution in [-0.2, 0) is 0 Å². The van der Waals surface area contributed by atoms with E-state index in [4.69, 9.17) is 0 Å². The summed E-state index contributed by atoms with van der Waals surface area (Å²) < 4.78 is 0. The van der Waals surface area contributed by atoms with Crippen LogP contribution < -0.4 is 4.90 Å². The highest BCUT2D eigenvalue weighted by Gasteiger charge is 2.09. The third kappa shape index (κ3) is 2.75. The van der Waals surface area contributed by atoms with Crippen LogP contribution in [-0.4, -0.2) is 6.54 Å². The lowest BCUT2D eigenvalue weighted by atomic mass is 10.1. The summed E-state index contributed by atoms with van der Waals surface area (Å²) in [5.74, 6) is 0. The van der Waals surface area contributed by atoms with E-state index in [9.17, 15) is 0 Å². The molecule has 1 aromatic carbocycles. The molecule has 0 saturated heterocycles. The molecule has 0 fully saturated rings. The quantitative estimate of drug-likeness (QED) is 0.674. The average molecular weight is 215 g/mol. The van der Waals surface area contributed by atoms with Gasteiger partial charge >= 0.3 is 0 Å². The molecule has 1 rings (SSSR count). The normalized spacial score (nSPS) is 12.8. The van der Waals surface area contributed by atoms with Crippen molar-refractivity contribution in [1.82, 2.24) is 0 Å². The Morgan fingerprint density at radius 2 is 1.75 bits per heavy atom. The first-order valence-corrected chi connectivity index (χ1v) is 5.86. The van der Waals surface area contributed by atoms with Crippen LogP contribution >= 0.6 is 0 Å². The van der Waals surface area contributed by atoms with Crippen molar-refractivity contribution in [3.63, 3.8) is 0 Å². The largest absolute Gasteiger partial charge is 0.342 e. The molecule has 0 spiro atoms. The second-order valence-corrected chi connectivity index (χ2v) is 3.73. The lowest BCUT2D eigenvalue weighted by molar-refractivity contribution is 0.955. The van der Waals surface area contributed by atoms with Crippen molar-refractivity contribution in [2.45, 2.75) is 27.7 Å². The van der Waals surface area contributed by atoms with Crippen molar-refractivity contribution in [2.75, 3.05) is 11.4 Å². The van der Waals surface area contributed by atoms with Crippen molar-refractivity contribution in [1.29, 1.82) is 0 Å². The first-order valence-electron chi connectivity index (χ1n) is 5.86. The van der Waals surface area contributed by atoms with Gasteiger partial charge in [0, 0.05) is 17.9 Å². The Labute approximate surface area is 99.1 Å². The summed E-state index contributed by atoms with van der Waals surface area (Å²) >= 11 is 0. The molecule has 0 aliphatic carbocycles. The van der Waals surface area contributed by atoms with Crippen LogP contribution in [0.25, 0.3) is 0 Å². The first kappa shape index (κ1) is 12.6. The van der Waals surface area contributed by atoms with Gasteiger partial charge in [-0.1, -0.05) is 30.4 Å². The summed E-state index contributed by atoms with van der Waals surface area (Å²) in [5.41, 5.74) is 3.85. The van der Waals surface area contributed by atoms with Gasteiger partial charge in [0.25, 0.3) is 0 Å². The molecule has 86 valence electrons. The maximum absolute atomic E-state index is 2.33. The predicted octanol–water partition coefficient (Wildman–Crippen LogP) is 4.38. The van der Waals surface area contributed by atoms with Gasteiger partial charge in [-0.2, -0.15) is 0 Å². The Morgan fingerprint density at radius 1 is 1.12 bits per heavy atom. The molecule has 0 unspecified atom stereocenters. The van der Waals surface area contributed by atoms with Gasteiger partial charge in [0.15, 0.2) is 0 Å². The summed E-state index contributed by atoms with van der Waals surface area (Å²) in [5, 5.41) is 0. The van der Waals surface area contributed by atoms with Gasteiger partial charge in [-0.15, -0.1) is 0 Å². The third-order valence-corrected chi connectivity index (χ3v) is 2.79. The van der Waals surface area contributed by atoms with E-state index in [0.29, 0.717) is 0 Å². The molecular weight excluding hydrogens is 194 g/mol. The van der Waals surface area contributed by atoms with E-state index >= 15 is 0 Å². The molecular formula is C15H21N. The Balaban J connectivity index is 3.08. The number of anilines is 1. The van der Waals surface area contributed by atoms with Crippen LogP contribution in [0.3, 0.4) is 0 Å². The average Bonchev–Trinajstić information content (AvgIpc) is 2.36. The molecule has 1 nitrogen and oxygen atoms in total. The first-order chi connectivity index (χ1) is 7.74. The lowest BCUT2D eigenvalue weighted by Crippen LogP contribution is -2.22. The van der Waals surface area contributed by atoms with Crippen molar-refractivity contribution in [3.05, 3.63) is 53.8 Å². The highest BCUT2D eigenvalue weighted by molar-refractivity contribution is 5.56. The second-order valence-electron chi connectivity index (χ2n) is 3.73.